The van der Waals surface area contributed by atoms with Crippen molar-refractivity contribution in [2.24, 2.45) is 0 Å². The third-order valence-electron chi connectivity index (χ3n) is 1.75. The minimum atomic E-state index is 0. The Morgan fingerprint density at radius 2 is 1.93 bits per heavy atom. The third kappa shape index (κ3) is 3.36. The fraction of sp³-hybridized carbons (Fsp3) is 0.300. The van der Waals surface area contributed by atoms with Gasteiger partial charge in [-0.3, -0.25) is 4.79 Å². The number of halogens is 1. The van der Waals surface area contributed by atoms with E-state index in [9.17, 15) is 4.79 Å². The molecule has 0 saturated heterocycles. The number of carbonyl (C=O) groups is 1. The Balaban J connectivity index is 0.00000169. The minimum absolute atomic E-state index is 0. The van der Waals surface area contributed by atoms with Crippen LogP contribution in [0, 0.1) is 0 Å². The standard InChI is InChI=1S/C10H13NO2.ClH/c1-11-7-10(12)8-3-5-9(13-2)6-4-8;/h3-6,11H,7H2,1-2H3;1H. The van der Waals surface area contributed by atoms with Gasteiger partial charge in [0.1, 0.15) is 5.75 Å². The van der Waals surface area contributed by atoms with Crippen molar-refractivity contribution in [2.45, 2.75) is 0 Å². The molecule has 14 heavy (non-hydrogen) atoms. The summed E-state index contributed by atoms with van der Waals surface area (Å²) in [5, 5.41) is 2.81. The van der Waals surface area contributed by atoms with Crippen LogP contribution in [0.15, 0.2) is 24.3 Å². The number of carbonyl (C=O) groups excluding carboxylic acids is 1. The van der Waals surface area contributed by atoms with Crippen molar-refractivity contribution in [3.63, 3.8) is 0 Å². The summed E-state index contributed by atoms with van der Waals surface area (Å²) in [7, 11) is 3.35. The van der Waals surface area contributed by atoms with E-state index in [1.807, 2.05) is 0 Å². The maximum atomic E-state index is 11.3. The molecule has 0 saturated carbocycles. The largest absolute Gasteiger partial charge is 0.497 e. The number of benzene rings is 1. The number of methoxy groups -OCH3 is 1. The zero-order valence-corrected chi connectivity index (χ0v) is 9.06. The van der Waals surface area contributed by atoms with Gasteiger partial charge < -0.3 is 10.1 Å². The smallest absolute Gasteiger partial charge is 0.176 e. The number of nitrogens with one attached hydrogen (secondary N) is 1. The molecular formula is C10H14ClNO2. The molecule has 0 heterocycles. The molecule has 0 aliphatic carbocycles. The summed E-state index contributed by atoms with van der Waals surface area (Å²) in [6.45, 7) is 0.367. The minimum Gasteiger partial charge on any atom is -0.497 e. The van der Waals surface area contributed by atoms with E-state index in [4.69, 9.17) is 4.74 Å². The molecule has 78 valence electrons. The van der Waals surface area contributed by atoms with Crippen LogP contribution in [0.2, 0.25) is 0 Å². The predicted octanol–water partition coefficient (Wildman–Crippen LogP) is 1.52. The van der Waals surface area contributed by atoms with Crippen molar-refractivity contribution in [1.82, 2.24) is 5.32 Å². The van der Waals surface area contributed by atoms with E-state index in [1.54, 1.807) is 38.4 Å². The summed E-state index contributed by atoms with van der Waals surface area (Å²) >= 11 is 0. The molecule has 0 aliphatic heterocycles. The van der Waals surface area contributed by atoms with Gasteiger partial charge in [-0.1, -0.05) is 0 Å². The summed E-state index contributed by atoms with van der Waals surface area (Å²) in [5.74, 6) is 0.853. The molecule has 1 rings (SSSR count). The number of Topliss-reactive ketones (excluding diaryl/α,β-unsaturated/α-hetero) is 1. The Kier molecular flexibility index (Phi) is 5.92. The van der Waals surface area contributed by atoms with Gasteiger partial charge in [-0.25, -0.2) is 0 Å². The molecule has 0 bridgehead atoms. The second-order valence-electron chi connectivity index (χ2n) is 2.68. The summed E-state index contributed by atoms with van der Waals surface area (Å²) < 4.78 is 4.98. The quantitative estimate of drug-likeness (QED) is 0.774. The Morgan fingerprint density at radius 3 is 2.36 bits per heavy atom. The lowest BCUT2D eigenvalue weighted by Crippen LogP contribution is -2.18. The van der Waals surface area contributed by atoms with E-state index < -0.39 is 0 Å². The highest BCUT2D eigenvalue weighted by molar-refractivity contribution is 5.97. The summed E-state index contributed by atoms with van der Waals surface area (Å²) in [4.78, 5) is 11.3. The SMILES string of the molecule is CNCC(=O)c1ccc(OC)cc1.Cl. The summed E-state index contributed by atoms with van der Waals surface area (Å²) in [5.41, 5.74) is 0.704. The maximum absolute atomic E-state index is 11.3. The molecule has 0 amide bonds. The number of ether oxygens (including phenoxy) is 1. The Hall–Kier alpha value is -1.06. The third-order valence-corrected chi connectivity index (χ3v) is 1.75. The normalized spacial score (nSPS) is 9.00. The Labute approximate surface area is 89.9 Å². The van der Waals surface area contributed by atoms with Gasteiger partial charge in [0.25, 0.3) is 0 Å². The van der Waals surface area contributed by atoms with E-state index in [1.165, 1.54) is 0 Å². The lowest BCUT2D eigenvalue weighted by atomic mass is 10.1. The molecule has 0 aromatic heterocycles. The average molecular weight is 216 g/mol. The second kappa shape index (κ2) is 6.40. The number of rotatable bonds is 4. The lowest BCUT2D eigenvalue weighted by molar-refractivity contribution is 0.0993. The highest BCUT2D eigenvalue weighted by Crippen LogP contribution is 2.11. The topological polar surface area (TPSA) is 38.3 Å². The first-order valence-electron chi connectivity index (χ1n) is 4.09. The van der Waals surface area contributed by atoms with Crippen molar-refractivity contribution in [1.29, 1.82) is 0 Å². The molecule has 0 atom stereocenters. The summed E-state index contributed by atoms with van der Waals surface area (Å²) in [6, 6.07) is 7.09. The van der Waals surface area contributed by atoms with E-state index in [0.29, 0.717) is 12.1 Å². The van der Waals surface area contributed by atoms with Crippen molar-refractivity contribution in [3.8, 4) is 5.75 Å². The van der Waals surface area contributed by atoms with E-state index in [-0.39, 0.29) is 18.2 Å². The Bertz CT molecular complexity index is 285. The van der Waals surface area contributed by atoms with Gasteiger partial charge in [-0.2, -0.15) is 0 Å². The average Bonchev–Trinajstić information content (AvgIpc) is 2.18. The number of likely N-dealkylation sites (N-methyl/N-ethyl adjacent to an activating group) is 1. The predicted molar refractivity (Wildman–Crippen MR) is 58.5 cm³/mol. The van der Waals surface area contributed by atoms with Crippen LogP contribution in [0.3, 0.4) is 0 Å². The molecule has 3 nitrogen and oxygen atoms in total. The molecule has 1 aromatic rings. The lowest BCUT2D eigenvalue weighted by Gasteiger charge is -2.01. The first kappa shape index (κ1) is 12.9. The van der Waals surface area contributed by atoms with Gasteiger partial charge in [0.15, 0.2) is 5.78 Å². The van der Waals surface area contributed by atoms with Gasteiger partial charge in [-0.05, 0) is 31.3 Å². The van der Waals surface area contributed by atoms with Crippen LogP contribution < -0.4 is 10.1 Å². The molecule has 0 aliphatic rings. The molecule has 0 radical (unpaired) electrons. The zero-order chi connectivity index (χ0) is 9.68. The number of hydrogen-bond donors (Lipinski definition) is 1. The van der Waals surface area contributed by atoms with Crippen LogP contribution in [0.4, 0.5) is 0 Å². The number of hydrogen-bond acceptors (Lipinski definition) is 3. The van der Waals surface area contributed by atoms with E-state index in [0.717, 1.165) is 5.75 Å². The van der Waals surface area contributed by atoms with Crippen LogP contribution in [0.25, 0.3) is 0 Å². The molecular weight excluding hydrogens is 202 g/mol. The van der Waals surface area contributed by atoms with Crippen molar-refractivity contribution in [3.05, 3.63) is 29.8 Å². The van der Waals surface area contributed by atoms with Gasteiger partial charge in [0.2, 0.25) is 0 Å². The number of ketones is 1. The van der Waals surface area contributed by atoms with Gasteiger partial charge in [0.05, 0.1) is 13.7 Å². The van der Waals surface area contributed by atoms with E-state index in [2.05, 4.69) is 5.32 Å². The second-order valence-corrected chi connectivity index (χ2v) is 2.68. The fourth-order valence-electron chi connectivity index (χ4n) is 1.04. The van der Waals surface area contributed by atoms with Gasteiger partial charge in [-0.15, -0.1) is 12.4 Å². The van der Waals surface area contributed by atoms with E-state index >= 15 is 0 Å². The maximum Gasteiger partial charge on any atom is 0.176 e. The monoisotopic (exact) mass is 215 g/mol. The molecule has 0 spiro atoms. The molecule has 0 fully saturated rings. The highest BCUT2D eigenvalue weighted by Gasteiger charge is 2.03. The van der Waals surface area contributed by atoms with Crippen molar-refractivity contribution < 1.29 is 9.53 Å². The molecule has 4 heteroatoms. The summed E-state index contributed by atoms with van der Waals surface area (Å²) in [6.07, 6.45) is 0. The zero-order valence-electron chi connectivity index (χ0n) is 8.24. The van der Waals surface area contributed by atoms with Gasteiger partial charge in [0, 0.05) is 5.56 Å². The Morgan fingerprint density at radius 1 is 1.36 bits per heavy atom. The van der Waals surface area contributed by atoms with Crippen molar-refractivity contribution >= 4 is 18.2 Å². The first-order chi connectivity index (χ1) is 6.27. The molecule has 1 aromatic carbocycles. The highest BCUT2D eigenvalue weighted by atomic mass is 35.5. The van der Waals surface area contributed by atoms with Gasteiger partial charge >= 0.3 is 0 Å². The van der Waals surface area contributed by atoms with Crippen LogP contribution in [0.5, 0.6) is 5.75 Å². The molecule has 0 unspecified atom stereocenters. The molecule has 1 N–H and O–H groups in total. The van der Waals surface area contributed by atoms with Crippen LogP contribution in [-0.4, -0.2) is 26.5 Å². The van der Waals surface area contributed by atoms with Crippen molar-refractivity contribution in [2.75, 3.05) is 20.7 Å². The van der Waals surface area contributed by atoms with Crippen LogP contribution in [-0.2, 0) is 0 Å². The van der Waals surface area contributed by atoms with Crippen LogP contribution in [0.1, 0.15) is 10.4 Å². The fourth-order valence-corrected chi connectivity index (χ4v) is 1.04. The van der Waals surface area contributed by atoms with Crippen LogP contribution >= 0.6 is 12.4 Å². The first-order valence-corrected chi connectivity index (χ1v) is 4.09.